The minimum atomic E-state index is -0.576. The van der Waals surface area contributed by atoms with Gasteiger partial charge in [0.2, 0.25) is 5.88 Å². The van der Waals surface area contributed by atoms with Crippen LogP contribution in [0.25, 0.3) is 0 Å². The lowest BCUT2D eigenvalue weighted by Crippen LogP contribution is -2.36. The highest BCUT2D eigenvalue weighted by Gasteiger charge is 2.41. The number of methoxy groups -OCH3 is 1. The van der Waals surface area contributed by atoms with Gasteiger partial charge in [0.1, 0.15) is 11.3 Å². The van der Waals surface area contributed by atoms with E-state index in [-0.39, 0.29) is 17.2 Å². The number of allylic oxidation sites excluding steroid dienone is 2. The molecule has 1 saturated heterocycles. The van der Waals surface area contributed by atoms with Crippen LogP contribution in [0.1, 0.15) is 47.4 Å². The fraction of sp³-hybridized carbons (Fsp3) is 0.500. The summed E-state index contributed by atoms with van der Waals surface area (Å²) in [6.45, 7) is 8.12. The van der Waals surface area contributed by atoms with Crippen LogP contribution in [-0.2, 0) is 30.3 Å². The Morgan fingerprint density at radius 3 is 2.65 bits per heavy atom. The van der Waals surface area contributed by atoms with Crippen molar-refractivity contribution in [3.8, 4) is 0 Å². The van der Waals surface area contributed by atoms with Gasteiger partial charge in [0.05, 0.1) is 26.2 Å². The summed E-state index contributed by atoms with van der Waals surface area (Å²) >= 11 is 0. The van der Waals surface area contributed by atoms with Crippen LogP contribution in [0.4, 0.5) is 0 Å². The molecule has 0 bridgehead atoms. The number of carbonyl (C=O) groups is 2. The molecule has 3 aliphatic rings. The fourth-order valence-electron chi connectivity index (χ4n) is 4.77. The topological polar surface area (TPSA) is 91.1 Å². The van der Waals surface area contributed by atoms with Gasteiger partial charge in [-0.15, -0.1) is 0 Å². The zero-order valence-electron chi connectivity index (χ0n) is 18.5. The summed E-state index contributed by atoms with van der Waals surface area (Å²) in [6, 6.07) is 4.25. The molecule has 0 saturated carbocycles. The Labute approximate surface area is 182 Å². The molecule has 1 atom stereocenters. The Bertz CT molecular complexity index is 972. The number of ether oxygens (including phenoxy) is 3. The van der Waals surface area contributed by atoms with Crippen molar-refractivity contribution in [1.29, 1.82) is 0 Å². The maximum atomic E-state index is 13.0. The number of nitrogens with two attached hydrogens (primary N) is 1. The van der Waals surface area contributed by atoms with Gasteiger partial charge in [-0.3, -0.25) is 9.69 Å². The molecule has 4 rings (SSSR count). The Balaban J connectivity index is 1.82. The van der Waals surface area contributed by atoms with E-state index in [1.807, 2.05) is 6.92 Å². The first kappa shape index (κ1) is 21.6. The van der Waals surface area contributed by atoms with Gasteiger partial charge in [0.15, 0.2) is 5.78 Å². The van der Waals surface area contributed by atoms with Crippen molar-refractivity contribution in [2.24, 2.45) is 5.73 Å². The number of hydrogen-bond acceptors (Lipinski definition) is 7. The van der Waals surface area contributed by atoms with E-state index >= 15 is 0 Å². The molecule has 0 aromatic heterocycles. The third-order valence-corrected chi connectivity index (χ3v) is 6.42. The lowest BCUT2D eigenvalue weighted by molar-refractivity contribution is -0.136. The van der Waals surface area contributed by atoms with Crippen LogP contribution in [0.3, 0.4) is 0 Å². The van der Waals surface area contributed by atoms with Crippen LogP contribution < -0.4 is 5.73 Å². The summed E-state index contributed by atoms with van der Waals surface area (Å²) in [5, 5.41) is 0. The Hall–Kier alpha value is -2.64. The number of Topliss-reactive ketones (excluding diaryl/α,β-unsaturated/α-hetero) is 1. The highest BCUT2D eigenvalue weighted by Crippen LogP contribution is 2.45. The van der Waals surface area contributed by atoms with E-state index in [0.29, 0.717) is 24.2 Å². The summed E-state index contributed by atoms with van der Waals surface area (Å²) in [6.07, 6.45) is 1.80. The molecule has 2 N–H and O–H groups in total. The minimum absolute atomic E-state index is 0.00913. The molecule has 31 heavy (non-hydrogen) atoms. The van der Waals surface area contributed by atoms with Crippen molar-refractivity contribution >= 4 is 11.8 Å². The van der Waals surface area contributed by atoms with Gasteiger partial charge < -0.3 is 19.9 Å². The summed E-state index contributed by atoms with van der Waals surface area (Å²) in [5.74, 6) is -0.522. The highest BCUT2D eigenvalue weighted by atomic mass is 16.5. The van der Waals surface area contributed by atoms with Crippen molar-refractivity contribution in [2.75, 3.05) is 33.4 Å². The molecular formula is C24H30N2O5. The fourth-order valence-corrected chi connectivity index (χ4v) is 4.77. The highest BCUT2D eigenvalue weighted by molar-refractivity contribution is 6.03. The lowest BCUT2D eigenvalue weighted by atomic mass is 9.75. The predicted molar refractivity (Wildman–Crippen MR) is 115 cm³/mol. The minimum Gasteiger partial charge on any atom is -0.465 e. The maximum absolute atomic E-state index is 13.0. The average Bonchev–Trinajstić information content (AvgIpc) is 2.75. The van der Waals surface area contributed by atoms with Crippen LogP contribution in [0.2, 0.25) is 0 Å². The van der Waals surface area contributed by atoms with Crippen LogP contribution in [0.15, 0.2) is 34.9 Å². The molecule has 7 heteroatoms. The Morgan fingerprint density at radius 2 is 1.94 bits per heavy atom. The van der Waals surface area contributed by atoms with Crippen molar-refractivity contribution in [1.82, 2.24) is 4.90 Å². The number of hydrogen-bond donors (Lipinski definition) is 1. The van der Waals surface area contributed by atoms with Gasteiger partial charge in [-0.1, -0.05) is 12.1 Å². The van der Waals surface area contributed by atoms with Crippen LogP contribution in [-0.4, -0.2) is 50.1 Å². The zero-order chi connectivity index (χ0) is 22.1. The summed E-state index contributed by atoms with van der Waals surface area (Å²) in [7, 11) is 1.32. The second kappa shape index (κ2) is 8.85. The number of esters is 1. The standard InChI is InChI=1S/C24H30N2O5/c1-14-11-15(2)17(12-16(14)13-26-7-9-30-10-8-26)20-21-18(27)5-4-6-19(21)31-23(25)22(20)24(28)29-3/h11-12,20H,4-10,13,25H2,1-3H3. The van der Waals surface area contributed by atoms with Gasteiger partial charge in [-0.25, -0.2) is 4.79 Å². The number of carbonyl (C=O) groups excluding carboxylic acids is 2. The smallest absolute Gasteiger partial charge is 0.340 e. The lowest BCUT2D eigenvalue weighted by Gasteiger charge is -2.33. The number of nitrogens with zero attached hydrogens (tertiary/aromatic N) is 1. The Kier molecular flexibility index (Phi) is 6.16. The van der Waals surface area contributed by atoms with E-state index in [1.165, 1.54) is 18.2 Å². The first-order valence-corrected chi connectivity index (χ1v) is 10.8. The predicted octanol–water partition coefficient (Wildman–Crippen LogP) is 2.60. The molecular weight excluding hydrogens is 396 g/mol. The van der Waals surface area contributed by atoms with E-state index in [9.17, 15) is 9.59 Å². The monoisotopic (exact) mass is 426 g/mol. The third kappa shape index (κ3) is 4.12. The Morgan fingerprint density at radius 1 is 1.19 bits per heavy atom. The molecule has 2 aliphatic heterocycles. The average molecular weight is 427 g/mol. The maximum Gasteiger partial charge on any atom is 0.340 e. The van der Waals surface area contributed by atoms with E-state index in [4.69, 9.17) is 19.9 Å². The summed E-state index contributed by atoms with van der Waals surface area (Å²) in [4.78, 5) is 28.1. The quantitative estimate of drug-likeness (QED) is 0.740. The van der Waals surface area contributed by atoms with Crippen LogP contribution in [0, 0.1) is 13.8 Å². The van der Waals surface area contributed by atoms with Gasteiger partial charge in [-0.2, -0.15) is 0 Å². The molecule has 1 unspecified atom stereocenters. The first-order chi connectivity index (χ1) is 14.9. The SMILES string of the molecule is COC(=O)C1=C(N)OC2=C(C(=O)CCC2)C1c1cc(CN2CCOCC2)c(C)cc1C. The van der Waals surface area contributed by atoms with E-state index in [1.54, 1.807) is 0 Å². The molecule has 0 spiro atoms. The van der Waals surface area contributed by atoms with E-state index in [0.717, 1.165) is 50.4 Å². The van der Waals surface area contributed by atoms with Gasteiger partial charge >= 0.3 is 5.97 Å². The molecule has 166 valence electrons. The van der Waals surface area contributed by atoms with Crippen molar-refractivity contribution < 1.29 is 23.8 Å². The van der Waals surface area contributed by atoms with Crippen LogP contribution >= 0.6 is 0 Å². The third-order valence-electron chi connectivity index (χ3n) is 6.42. The molecule has 1 aromatic carbocycles. The molecule has 0 radical (unpaired) electrons. The molecule has 1 aliphatic carbocycles. The number of rotatable bonds is 4. The summed E-state index contributed by atoms with van der Waals surface area (Å²) < 4.78 is 16.3. The van der Waals surface area contributed by atoms with Crippen molar-refractivity contribution in [3.63, 3.8) is 0 Å². The zero-order valence-corrected chi connectivity index (χ0v) is 18.5. The first-order valence-electron chi connectivity index (χ1n) is 10.8. The van der Waals surface area contributed by atoms with E-state index < -0.39 is 11.9 Å². The molecule has 1 aromatic rings. The van der Waals surface area contributed by atoms with Crippen molar-refractivity contribution in [3.05, 3.63) is 57.2 Å². The van der Waals surface area contributed by atoms with Gasteiger partial charge in [0, 0.05) is 38.0 Å². The molecule has 2 heterocycles. The second-order valence-electron chi connectivity index (χ2n) is 8.44. The van der Waals surface area contributed by atoms with Gasteiger partial charge in [0.25, 0.3) is 0 Å². The number of ketones is 1. The summed E-state index contributed by atoms with van der Waals surface area (Å²) in [5.41, 5.74) is 11.2. The normalized spacial score (nSPS) is 22.3. The van der Waals surface area contributed by atoms with Crippen molar-refractivity contribution in [2.45, 2.75) is 45.6 Å². The second-order valence-corrected chi connectivity index (χ2v) is 8.44. The number of benzene rings is 1. The molecule has 1 fully saturated rings. The largest absolute Gasteiger partial charge is 0.465 e. The number of morpholine rings is 1. The van der Waals surface area contributed by atoms with Gasteiger partial charge in [-0.05, 0) is 42.5 Å². The molecule has 7 nitrogen and oxygen atoms in total. The molecule has 0 amide bonds. The van der Waals surface area contributed by atoms with Crippen LogP contribution in [0.5, 0.6) is 0 Å². The number of aryl methyl sites for hydroxylation is 2. The van der Waals surface area contributed by atoms with E-state index in [2.05, 4.69) is 24.0 Å².